The second-order valence-electron chi connectivity index (χ2n) is 7.29. The van der Waals surface area contributed by atoms with Crippen molar-refractivity contribution in [1.29, 1.82) is 0 Å². The van der Waals surface area contributed by atoms with Gasteiger partial charge in [0.2, 0.25) is 0 Å². The van der Waals surface area contributed by atoms with Gasteiger partial charge in [-0.2, -0.15) is 5.10 Å². The minimum Gasteiger partial charge on any atom is -0.302 e. The lowest BCUT2D eigenvalue weighted by Gasteiger charge is -2.46. The van der Waals surface area contributed by atoms with Crippen molar-refractivity contribution in [2.75, 3.05) is 4.90 Å². The van der Waals surface area contributed by atoms with Crippen LogP contribution >= 0.6 is 0 Å². The maximum absolute atomic E-state index is 13.4. The molecule has 0 bridgehead atoms. The zero-order chi connectivity index (χ0) is 16.9. The van der Waals surface area contributed by atoms with Gasteiger partial charge >= 0.3 is 0 Å². The third-order valence-corrected chi connectivity index (χ3v) is 5.05. The van der Waals surface area contributed by atoms with Crippen LogP contribution in [0.3, 0.4) is 0 Å². The number of aromatic nitrogens is 2. The van der Waals surface area contributed by atoms with Crippen molar-refractivity contribution in [3.63, 3.8) is 0 Å². The predicted molar refractivity (Wildman–Crippen MR) is 93.0 cm³/mol. The molecule has 4 nitrogen and oxygen atoms in total. The first-order valence-corrected chi connectivity index (χ1v) is 8.17. The van der Waals surface area contributed by atoms with Gasteiger partial charge in [-0.15, -0.1) is 0 Å². The number of anilines is 1. The average Bonchev–Trinajstić information content (AvgIpc) is 2.71. The summed E-state index contributed by atoms with van der Waals surface area (Å²) in [5.41, 5.74) is 4.49. The van der Waals surface area contributed by atoms with E-state index in [-0.39, 0.29) is 11.4 Å². The first-order chi connectivity index (χ1) is 10.7. The predicted octanol–water partition coefficient (Wildman–Crippen LogP) is 3.97. The van der Waals surface area contributed by atoms with E-state index in [1.54, 1.807) is 4.68 Å². The van der Waals surface area contributed by atoms with Crippen molar-refractivity contribution in [3.05, 3.63) is 46.8 Å². The van der Waals surface area contributed by atoms with Gasteiger partial charge in [-0.05, 0) is 51.7 Å². The Labute approximate surface area is 138 Å². The Morgan fingerprint density at radius 2 is 1.91 bits per heavy atom. The number of aryl methyl sites for hydroxylation is 2. The van der Waals surface area contributed by atoms with Gasteiger partial charge in [0.25, 0.3) is 5.91 Å². The summed E-state index contributed by atoms with van der Waals surface area (Å²) in [5.74, 6) is 0.499. The number of fused-ring (bicyclic) bond motifs is 1. The Morgan fingerprint density at radius 3 is 2.52 bits per heavy atom. The lowest BCUT2D eigenvalue weighted by Crippen LogP contribution is -2.51. The molecule has 1 amide bonds. The molecule has 2 aromatic rings. The number of nitrogens with zero attached hydrogens (tertiary/aromatic N) is 3. The van der Waals surface area contributed by atoms with Crippen molar-refractivity contribution >= 4 is 11.6 Å². The Bertz CT molecular complexity index is 773. The zero-order valence-electron chi connectivity index (χ0n) is 14.8. The Morgan fingerprint density at radius 1 is 1.26 bits per heavy atom. The van der Waals surface area contributed by atoms with E-state index in [2.05, 4.69) is 44.1 Å². The Kier molecular flexibility index (Phi) is 3.58. The second-order valence-corrected chi connectivity index (χ2v) is 7.29. The maximum atomic E-state index is 13.4. The molecule has 1 aromatic heterocycles. The van der Waals surface area contributed by atoms with Crippen molar-refractivity contribution in [1.82, 2.24) is 9.78 Å². The van der Waals surface area contributed by atoms with Crippen LogP contribution in [0.15, 0.2) is 24.3 Å². The van der Waals surface area contributed by atoms with Crippen LogP contribution in [0.5, 0.6) is 0 Å². The molecule has 1 aliphatic heterocycles. The van der Waals surface area contributed by atoms with Crippen molar-refractivity contribution in [3.8, 4) is 0 Å². The molecule has 0 spiro atoms. The summed E-state index contributed by atoms with van der Waals surface area (Å²) in [4.78, 5) is 15.4. The number of benzene rings is 1. The molecule has 1 unspecified atom stereocenters. The molecule has 122 valence electrons. The molecule has 0 saturated carbocycles. The fourth-order valence-electron chi connectivity index (χ4n) is 3.96. The number of hydrogen-bond donors (Lipinski definition) is 0. The molecule has 0 fully saturated rings. The molecule has 1 aromatic carbocycles. The largest absolute Gasteiger partial charge is 0.302 e. The van der Waals surface area contributed by atoms with E-state index in [0.717, 1.165) is 29.1 Å². The van der Waals surface area contributed by atoms with Gasteiger partial charge in [0.15, 0.2) is 0 Å². The molecule has 23 heavy (non-hydrogen) atoms. The van der Waals surface area contributed by atoms with Gasteiger partial charge in [-0.1, -0.05) is 25.1 Å². The van der Waals surface area contributed by atoms with E-state index in [9.17, 15) is 4.79 Å². The van der Waals surface area contributed by atoms with Crippen LogP contribution in [0.2, 0.25) is 0 Å². The number of para-hydroxylation sites is 1. The summed E-state index contributed by atoms with van der Waals surface area (Å²) in [6.07, 6.45) is 0.952. The highest BCUT2D eigenvalue weighted by atomic mass is 16.2. The second kappa shape index (κ2) is 5.22. The zero-order valence-corrected chi connectivity index (χ0v) is 14.8. The number of carbonyl (C=O) groups excluding carboxylic acids is 1. The van der Waals surface area contributed by atoms with Gasteiger partial charge in [-0.25, -0.2) is 0 Å². The Balaban J connectivity index is 2.17. The number of carbonyl (C=O) groups is 1. The quantitative estimate of drug-likeness (QED) is 0.799. The van der Waals surface area contributed by atoms with Crippen LogP contribution in [0.1, 0.15) is 60.4 Å². The highest BCUT2D eigenvalue weighted by Gasteiger charge is 2.41. The first-order valence-electron chi connectivity index (χ1n) is 8.17. The lowest BCUT2D eigenvalue weighted by atomic mass is 9.79. The third kappa shape index (κ3) is 2.37. The molecule has 0 radical (unpaired) electrons. The summed E-state index contributed by atoms with van der Waals surface area (Å²) in [6.45, 7) is 10.4. The minimum atomic E-state index is -0.223. The van der Waals surface area contributed by atoms with E-state index in [4.69, 9.17) is 0 Å². The van der Waals surface area contributed by atoms with Gasteiger partial charge in [0, 0.05) is 24.0 Å². The fourth-order valence-corrected chi connectivity index (χ4v) is 3.96. The summed E-state index contributed by atoms with van der Waals surface area (Å²) >= 11 is 0. The van der Waals surface area contributed by atoms with Gasteiger partial charge in [-0.3, -0.25) is 9.48 Å². The van der Waals surface area contributed by atoms with Crippen LogP contribution in [0, 0.1) is 13.8 Å². The van der Waals surface area contributed by atoms with Crippen LogP contribution in [0.4, 0.5) is 5.69 Å². The first kappa shape index (κ1) is 15.8. The van der Waals surface area contributed by atoms with Gasteiger partial charge in [0.1, 0.15) is 0 Å². The van der Waals surface area contributed by atoms with E-state index in [0.29, 0.717) is 5.92 Å². The molecular weight excluding hydrogens is 286 g/mol. The summed E-state index contributed by atoms with van der Waals surface area (Å²) < 4.78 is 1.79. The van der Waals surface area contributed by atoms with E-state index < -0.39 is 0 Å². The minimum absolute atomic E-state index is 0.0532. The van der Waals surface area contributed by atoms with Crippen molar-refractivity contribution in [2.45, 2.75) is 52.5 Å². The maximum Gasteiger partial charge on any atom is 0.262 e. The van der Waals surface area contributed by atoms with Crippen molar-refractivity contribution in [2.24, 2.45) is 7.05 Å². The summed E-state index contributed by atoms with van der Waals surface area (Å²) in [5, 5.41) is 4.41. The van der Waals surface area contributed by atoms with Crippen molar-refractivity contribution < 1.29 is 4.79 Å². The van der Waals surface area contributed by atoms with Gasteiger partial charge in [0.05, 0.1) is 11.3 Å². The molecule has 1 atom stereocenters. The van der Waals surface area contributed by atoms with Crippen LogP contribution in [-0.4, -0.2) is 21.2 Å². The van der Waals surface area contributed by atoms with Crippen LogP contribution < -0.4 is 4.90 Å². The molecule has 2 heterocycles. The topological polar surface area (TPSA) is 38.1 Å². The number of rotatable bonds is 1. The van der Waals surface area contributed by atoms with Crippen LogP contribution in [-0.2, 0) is 7.05 Å². The number of hydrogen-bond acceptors (Lipinski definition) is 2. The fraction of sp³-hybridized carbons (Fsp3) is 0.474. The SMILES string of the molecule is Cc1nn(C)c(C)c1C(=O)N1c2ccccc2C(C)CC1(C)C. The number of amides is 1. The molecule has 0 saturated heterocycles. The standard InChI is InChI=1S/C19H25N3O/c1-12-11-19(4,5)22(16-10-8-7-9-15(12)16)18(23)17-13(2)20-21(6)14(17)3/h7-10,12H,11H2,1-6H3. The monoisotopic (exact) mass is 311 g/mol. The highest BCUT2D eigenvalue weighted by Crippen LogP contribution is 2.44. The molecular formula is C19H25N3O. The molecule has 0 N–H and O–H groups in total. The highest BCUT2D eigenvalue weighted by molar-refractivity contribution is 6.09. The Hall–Kier alpha value is -2.10. The van der Waals surface area contributed by atoms with E-state index >= 15 is 0 Å². The summed E-state index contributed by atoms with van der Waals surface area (Å²) in [7, 11) is 1.89. The van der Waals surface area contributed by atoms with Gasteiger partial charge < -0.3 is 4.90 Å². The lowest BCUT2D eigenvalue weighted by molar-refractivity contribution is 0.0952. The molecule has 1 aliphatic rings. The molecule has 3 rings (SSSR count). The molecule has 4 heteroatoms. The normalized spacial score (nSPS) is 19.6. The van der Waals surface area contributed by atoms with E-state index in [1.165, 1.54) is 5.56 Å². The smallest absolute Gasteiger partial charge is 0.262 e. The third-order valence-electron chi connectivity index (χ3n) is 5.05. The van der Waals surface area contributed by atoms with Crippen LogP contribution in [0.25, 0.3) is 0 Å². The molecule has 0 aliphatic carbocycles. The average molecular weight is 311 g/mol. The van der Waals surface area contributed by atoms with E-state index in [1.807, 2.05) is 31.9 Å². The summed E-state index contributed by atoms with van der Waals surface area (Å²) in [6, 6.07) is 8.26.